The fourth-order valence-electron chi connectivity index (χ4n) is 4.52. The number of aliphatic carboxylic acids is 1. The fourth-order valence-corrected chi connectivity index (χ4v) is 4.52. The fraction of sp³-hybridized carbons (Fsp3) is 0.591. The molecule has 10 nitrogen and oxygen atoms in total. The molecule has 2 aromatic rings. The van der Waals surface area contributed by atoms with E-state index in [0.717, 1.165) is 12.8 Å². The van der Waals surface area contributed by atoms with Gasteiger partial charge in [0.2, 0.25) is 0 Å². The summed E-state index contributed by atoms with van der Waals surface area (Å²) in [6.45, 7) is 4.50. The lowest BCUT2D eigenvalue weighted by atomic mass is 10.0. The topological polar surface area (TPSA) is 120 Å². The maximum absolute atomic E-state index is 12.1. The average Bonchev–Trinajstić information content (AvgIpc) is 3.34. The number of pyridine rings is 1. The minimum Gasteiger partial charge on any atom is -0.488 e. The van der Waals surface area contributed by atoms with Gasteiger partial charge in [-0.15, -0.1) is 5.10 Å². The molecule has 2 aliphatic carbocycles. The Kier molecular flexibility index (Phi) is 6.03. The molecule has 4 atom stereocenters. The molecule has 0 bridgehead atoms. The number of amides is 1. The van der Waals surface area contributed by atoms with Crippen LogP contribution in [0.15, 0.2) is 12.1 Å². The zero-order valence-corrected chi connectivity index (χ0v) is 18.8. The summed E-state index contributed by atoms with van der Waals surface area (Å²) < 4.78 is 13.1. The number of carboxylic acid groups (broad SMARTS) is 1. The largest absolute Gasteiger partial charge is 0.488 e. The Bertz CT molecular complexity index is 1020. The van der Waals surface area contributed by atoms with Gasteiger partial charge < -0.3 is 19.5 Å². The number of hydrogen-bond acceptors (Lipinski definition) is 7. The molecule has 2 heterocycles. The van der Waals surface area contributed by atoms with Crippen LogP contribution in [0.3, 0.4) is 0 Å². The molecule has 32 heavy (non-hydrogen) atoms. The quantitative estimate of drug-likeness (QED) is 0.661. The molecule has 1 amide bonds. The van der Waals surface area contributed by atoms with Crippen molar-refractivity contribution in [1.82, 2.24) is 24.9 Å². The van der Waals surface area contributed by atoms with Crippen molar-refractivity contribution >= 4 is 12.1 Å². The van der Waals surface area contributed by atoms with E-state index in [4.69, 9.17) is 9.47 Å². The number of aryl methyl sites for hydroxylation is 2. The van der Waals surface area contributed by atoms with Gasteiger partial charge in [-0.1, -0.05) is 12.1 Å². The molecule has 0 spiro atoms. The first kappa shape index (κ1) is 22.0. The minimum absolute atomic E-state index is 0.0341. The number of nitrogens with zero attached hydrogens (tertiary/aromatic N) is 5. The molecule has 0 aromatic carbocycles. The number of rotatable bonds is 8. The molecule has 0 aliphatic heterocycles. The van der Waals surface area contributed by atoms with E-state index >= 15 is 0 Å². The Morgan fingerprint density at radius 3 is 2.72 bits per heavy atom. The van der Waals surface area contributed by atoms with E-state index in [2.05, 4.69) is 15.3 Å². The molecule has 0 radical (unpaired) electrons. The number of carbonyl (C=O) groups is 2. The van der Waals surface area contributed by atoms with E-state index in [1.807, 2.05) is 19.9 Å². The maximum Gasteiger partial charge on any atom is 0.409 e. The van der Waals surface area contributed by atoms with Crippen molar-refractivity contribution in [3.63, 3.8) is 0 Å². The first-order chi connectivity index (χ1) is 15.3. The van der Waals surface area contributed by atoms with Crippen molar-refractivity contribution < 1.29 is 24.2 Å². The van der Waals surface area contributed by atoms with Gasteiger partial charge in [-0.2, -0.15) is 0 Å². The lowest BCUT2D eigenvalue weighted by Crippen LogP contribution is -2.28. The molecule has 2 aromatic heterocycles. The first-order valence-corrected chi connectivity index (χ1v) is 10.9. The number of carbonyl (C=O) groups excluding carboxylic acids is 1. The Hall–Kier alpha value is -3.17. The Labute approximate surface area is 186 Å². The second-order valence-corrected chi connectivity index (χ2v) is 8.66. The molecular weight excluding hydrogens is 414 g/mol. The van der Waals surface area contributed by atoms with Gasteiger partial charge in [0.15, 0.2) is 0 Å². The maximum atomic E-state index is 12.1. The van der Waals surface area contributed by atoms with Crippen LogP contribution in [0.4, 0.5) is 4.79 Å². The van der Waals surface area contributed by atoms with E-state index in [-0.39, 0.29) is 24.5 Å². The summed E-state index contributed by atoms with van der Waals surface area (Å²) >= 11 is 0. The highest BCUT2D eigenvalue weighted by atomic mass is 16.6. The van der Waals surface area contributed by atoms with Crippen molar-refractivity contribution in [3.8, 4) is 17.1 Å². The third-order valence-electron chi connectivity index (χ3n) is 6.39. The molecule has 10 heteroatoms. The van der Waals surface area contributed by atoms with Crippen LogP contribution in [-0.2, 0) is 23.2 Å². The van der Waals surface area contributed by atoms with Crippen molar-refractivity contribution in [2.45, 2.75) is 45.8 Å². The van der Waals surface area contributed by atoms with E-state index < -0.39 is 12.1 Å². The average molecular weight is 444 g/mol. The lowest BCUT2D eigenvalue weighted by molar-refractivity contribution is -0.142. The summed E-state index contributed by atoms with van der Waals surface area (Å²) in [5.74, 6) is 0.173. The van der Waals surface area contributed by atoms with E-state index in [1.165, 1.54) is 4.90 Å². The van der Waals surface area contributed by atoms with Crippen LogP contribution in [0.5, 0.6) is 5.75 Å². The minimum atomic E-state index is -0.731. The van der Waals surface area contributed by atoms with Gasteiger partial charge in [0.05, 0.1) is 17.3 Å². The number of aromatic nitrogens is 4. The van der Waals surface area contributed by atoms with Crippen molar-refractivity contribution in [1.29, 1.82) is 0 Å². The van der Waals surface area contributed by atoms with Gasteiger partial charge >= 0.3 is 12.1 Å². The highest BCUT2D eigenvalue weighted by Crippen LogP contribution is 2.56. The Morgan fingerprint density at radius 1 is 1.28 bits per heavy atom. The van der Waals surface area contributed by atoms with Crippen LogP contribution < -0.4 is 4.74 Å². The molecule has 0 unspecified atom stereocenters. The normalized spacial score (nSPS) is 23.5. The van der Waals surface area contributed by atoms with Crippen LogP contribution in [-0.4, -0.2) is 61.7 Å². The number of carboxylic acids is 1. The van der Waals surface area contributed by atoms with Crippen molar-refractivity contribution in [2.24, 2.45) is 24.8 Å². The molecule has 2 aliphatic rings. The van der Waals surface area contributed by atoms with Gasteiger partial charge in [-0.25, -0.2) is 14.5 Å². The third kappa shape index (κ3) is 4.26. The zero-order valence-electron chi connectivity index (χ0n) is 18.8. The van der Waals surface area contributed by atoms with E-state index in [1.54, 1.807) is 24.8 Å². The van der Waals surface area contributed by atoms with Crippen molar-refractivity contribution in [3.05, 3.63) is 23.5 Å². The van der Waals surface area contributed by atoms with Crippen LogP contribution in [0.2, 0.25) is 0 Å². The summed E-state index contributed by atoms with van der Waals surface area (Å²) in [7, 11) is 3.44. The summed E-state index contributed by atoms with van der Waals surface area (Å²) in [6.07, 6.45) is 1.82. The van der Waals surface area contributed by atoms with Gasteiger partial charge in [0.25, 0.3) is 0 Å². The van der Waals surface area contributed by atoms with Gasteiger partial charge in [-0.05, 0) is 50.2 Å². The molecule has 1 N–H and O–H groups in total. The Morgan fingerprint density at radius 2 is 2.06 bits per heavy atom. The monoisotopic (exact) mass is 443 g/mol. The third-order valence-corrected chi connectivity index (χ3v) is 6.39. The molecule has 4 rings (SSSR count). The summed E-state index contributed by atoms with van der Waals surface area (Å²) in [4.78, 5) is 29.7. The van der Waals surface area contributed by atoms with Gasteiger partial charge in [0.1, 0.15) is 29.8 Å². The smallest absolute Gasteiger partial charge is 0.409 e. The van der Waals surface area contributed by atoms with E-state index in [0.29, 0.717) is 47.4 Å². The highest BCUT2D eigenvalue weighted by molar-refractivity contribution is 5.72. The first-order valence-electron chi connectivity index (χ1n) is 10.9. The predicted molar refractivity (Wildman–Crippen MR) is 114 cm³/mol. The van der Waals surface area contributed by atoms with Crippen LogP contribution in [0.1, 0.15) is 37.6 Å². The van der Waals surface area contributed by atoms with Crippen LogP contribution in [0.25, 0.3) is 11.4 Å². The standard InChI is InChI=1S/C22H29N5O5/c1-5-8-26(3)22(30)31-11-17-20(24-25-27(17)4)16-6-7-18(12(2)23-16)32-19-10-15(21(28)29)13-9-14(13)19/h6-7,13-15,19H,5,8-11H2,1-4H3,(H,28,29)/t13-,14-,15+,19+/m1/s1. The Balaban J connectivity index is 1.46. The molecule has 2 fully saturated rings. The second kappa shape index (κ2) is 8.76. The number of hydrogen-bond donors (Lipinski definition) is 1. The zero-order chi connectivity index (χ0) is 23.0. The highest BCUT2D eigenvalue weighted by Gasteiger charge is 2.58. The van der Waals surface area contributed by atoms with Crippen molar-refractivity contribution in [2.75, 3.05) is 13.6 Å². The molecule has 2 saturated carbocycles. The number of fused-ring (bicyclic) bond motifs is 1. The van der Waals surface area contributed by atoms with Gasteiger partial charge in [0, 0.05) is 20.6 Å². The van der Waals surface area contributed by atoms with E-state index in [9.17, 15) is 14.7 Å². The molecule has 0 saturated heterocycles. The molecular formula is C22H29N5O5. The molecule has 172 valence electrons. The predicted octanol–water partition coefficient (Wildman–Crippen LogP) is 2.65. The summed E-state index contributed by atoms with van der Waals surface area (Å²) in [5.41, 5.74) is 2.48. The van der Waals surface area contributed by atoms with Crippen LogP contribution in [0, 0.1) is 24.7 Å². The second-order valence-electron chi connectivity index (χ2n) is 8.66. The lowest BCUT2D eigenvalue weighted by Gasteiger charge is -2.18. The van der Waals surface area contributed by atoms with Crippen LogP contribution >= 0.6 is 0 Å². The summed E-state index contributed by atoms with van der Waals surface area (Å²) in [5, 5.41) is 17.6. The number of ether oxygens (including phenoxy) is 2. The summed E-state index contributed by atoms with van der Waals surface area (Å²) in [6, 6.07) is 3.64. The SMILES string of the molecule is CCCN(C)C(=O)OCc1c(-c2ccc(O[C@H]3C[C@H](C(=O)O)[C@@H]4C[C@H]43)c(C)n2)nnn1C. The van der Waals surface area contributed by atoms with Gasteiger partial charge in [-0.3, -0.25) is 4.79 Å².